The van der Waals surface area contributed by atoms with E-state index in [1.807, 2.05) is 31.2 Å². The molecular weight excluding hydrogens is 511 g/mol. The average molecular weight is 529 g/mol. The molecule has 0 aromatic heterocycles. The fourth-order valence-electron chi connectivity index (χ4n) is 3.22. The van der Waals surface area contributed by atoms with Crippen LogP contribution >= 0.6 is 47.2 Å². The molecule has 4 rings (SSSR count). The number of benzene rings is 3. The lowest BCUT2D eigenvalue weighted by Crippen LogP contribution is -2.27. The van der Waals surface area contributed by atoms with Crippen molar-refractivity contribution in [2.24, 2.45) is 0 Å². The van der Waals surface area contributed by atoms with Crippen LogP contribution in [0.5, 0.6) is 5.75 Å². The van der Waals surface area contributed by atoms with Crippen LogP contribution in [-0.2, 0) is 9.59 Å². The van der Waals surface area contributed by atoms with Crippen LogP contribution in [0.25, 0.3) is 6.08 Å². The van der Waals surface area contributed by atoms with Gasteiger partial charge in [-0.05, 0) is 60.5 Å². The minimum atomic E-state index is -0.368. The van der Waals surface area contributed by atoms with E-state index in [0.29, 0.717) is 36.3 Å². The van der Waals surface area contributed by atoms with Gasteiger partial charge in [0.25, 0.3) is 11.8 Å². The minimum absolute atomic E-state index is 0.187. The third-order valence-electron chi connectivity index (χ3n) is 4.81. The summed E-state index contributed by atoms with van der Waals surface area (Å²) in [5.41, 5.74) is 2.99. The van der Waals surface area contributed by atoms with Gasteiger partial charge >= 0.3 is 0 Å². The number of amides is 2. The van der Waals surface area contributed by atoms with Gasteiger partial charge in [0, 0.05) is 0 Å². The van der Waals surface area contributed by atoms with E-state index in [0.717, 1.165) is 11.3 Å². The number of halogens is 2. The third-order valence-corrected chi connectivity index (χ3v) is 6.74. The molecule has 1 N–H and O–H groups in total. The number of hydrogen-bond acceptors (Lipinski definition) is 5. The Morgan fingerprint density at radius 3 is 2.62 bits per heavy atom. The SMILES string of the molecule is Cc1cccc(N2C(=O)/C(=C/c3ccc(OCC(=O)Nc4ccccc4Cl)c(Cl)c3)SC2=S)c1. The summed E-state index contributed by atoms with van der Waals surface area (Å²) in [6, 6.07) is 19.6. The minimum Gasteiger partial charge on any atom is -0.482 e. The molecule has 2 amide bonds. The molecule has 172 valence electrons. The number of nitrogens with zero attached hydrogens (tertiary/aromatic N) is 1. The van der Waals surface area contributed by atoms with Gasteiger partial charge in [-0.1, -0.05) is 77.5 Å². The maximum absolute atomic E-state index is 13.0. The molecule has 1 saturated heterocycles. The third kappa shape index (κ3) is 5.62. The first-order valence-electron chi connectivity index (χ1n) is 10.1. The van der Waals surface area contributed by atoms with Gasteiger partial charge in [0.05, 0.1) is 26.3 Å². The normalized spacial score (nSPS) is 14.6. The predicted octanol–water partition coefficient (Wildman–Crippen LogP) is 6.73. The molecule has 9 heteroatoms. The van der Waals surface area contributed by atoms with Crippen molar-refractivity contribution in [2.75, 3.05) is 16.8 Å². The van der Waals surface area contributed by atoms with Crippen molar-refractivity contribution in [2.45, 2.75) is 6.92 Å². The smallest absolute Gasteiger partial charge is 0.270 e. The van der Waals surface area contributed by atoms with Crippen molar-refractivity contribution in [3.05, 3.63) is 92.8 Å². The van der Waals surface area contributed by atoms with Gasteiger partial charge in [-0.25, -0.2) is 0 Å². The Bertz CT molecular complexity index is 1330. The number of aryl methyl sites for hydroxylation is 1. The van der Waals surface area contributed by atoms with Crippen molar-refractivity contribution < 1.29 is 14.3 Å². The molecule has 5 nitrogen and oxygen atoms in total. The van der Waals surface area contributed by atoms with Crippen LogP contribution in [0.3, 0.4) is 0 Å². The number of ether oxygens (including phenoxy) is 1. The zero-order valence-electron chi connectivity index (χ0n) is 17.9. The Labute approximate surface area is 216 Å². The second-order valence-corrected chi connectivity index (χ2v) is 9.85. The number of carbonyl (C=O) groups excluding carboxylic acids is 2. The molecule has 0 bridgehead atoms. The zero-order valence-corrected chi connectivity index (χ0v) is 21.0. The number of hydrogen-bond donors (Lipinski definition) is 1. The van der Waals surface area contributed by atoms with Crippen LogP contribution in [0.15, 0.2) is 71.6 Å². The molecule has 1 heterocycles. The number of carbonyl (C=O) groups is 2. The van der Waals surface area contributed by atoms with E-state index in [-0.39, 0.29) is 18.4 Å². The summed E-state index contributed by atoms with van der Waals surface area (Å²) in [6.07, 6.45) is 1.73. The van der Waals surface area contributed by atoms with Gasteiger partial charge in [-0.2, -0.15) is 0 Å². The van der Waals surface area contributed by atoms with Gasteiger partial charge in [0.1, 0.15) is 5.75 Å². The van der Waals surface area contributed by atoms with E-state index >= 15 is 0 Å². The van der Waals surface area contributed by atoms with Crippen LogP contribution in [0.2, 0.25) is 10.0 Å². The summed E-state index contributed by atoms with van der Waals surface area (Å²) in [4.78, 5) is 27.2. The molecule has 0 radical (unpaired) electrons. The van der Waals surface area contributed by atoms with Crippen LogP contribution in [-0.4, -0.2) is 22.7 Å². The Balaban J connectivity index is 1.43. The van der Waals surface area contributed by atoms with Crippen LogP contribution in [0, 0.1) is 6.92 Å². The van der Waals surface area contributed by atoms with Gasteiger partial charge < -0.3 is 10.1 Å². The average Bonchev–Trinajstić information content (AvgIpc) is 3.07. The summed E-state index contributed by atoms with van der Waals surface area (Å²) in [6.45, 7) is 1.72. The molecule has 1 fully saturated rings. The standard InChI is InChI=1S/C25H18Cl2N2O3S2/c1-15-5-4-6-17(11-15)29-24(31)22(34-25(29)33)13-16-9-10-21(19(27)12-16)32-14-23(30)28-20-8-3-2-7-18(20)26/h2-13H,14H2,1H3,(H,28,30)/b22-13-. The largest absolute Gasteiger partial charge is 0.482 e. The highest BCUT2D eigenvalue weighted by atomic mass is 35.5. The van der Waals surface area contributed by atoms with Crippen molar-refractivity contribution in [1.82, 2.24) is 0 Å². The number of thioether (sulfide) groups is 1. The zero-order chi connectivity index (χ0) is 24.2. The topological polar surface area (TPSA) is 58.6 Å². The van der Waals surface area contributed by atoms with E-state index in [1.54, 1.807) is 48.5 Å². The molecule has 1 aliphatic heterocycles. The van der Waals surface area contributed by atoms with E-state index in [4.69, 9.17) is 40.2 Å². The molecule has 0 atom stereocenters. The maximum atomic E-state index is 13.0. The number of thiocarbonyl (C=S) groups is 1. The van der Waals surface area contributed by atoms with Gasteiger partial charge in [-0.15, -0.1) is 0 Å². The highest BCUT2D eigenvalue weighted by Crippen LogP contribution is 2.37. The van der Waals surface area contributed by atoms with E-state index in [2.05, 4.69) is 5.32 Å². The molecule has 0 aliphatic carbocycles. The first-order valence-corrected chi connectivity index (χ1v) is 12.1. The first-order chi connectivity index (χ1) is 16.3. The second-order valence-electron chi connectivity index (χ2n) is 7.36. The lowest BCUT2D eigenvalue weighted by atomic mass is 10.2. The summed E-state index contributed by atoms with van der Waals surface area (Å²) in [7, 11) is 0. The fraction of sp³-hybridized carbons (Fsp3) is 0.0800. The van der Waals surface area contributed by atoms with E-state index < -0.39 is 0 Å². The molecular formula is C25H18Cl2N2O3S2. The van der Waals surface area contributed by atoms with Gasteiger partial charge in [0.15, 0.2) is 10.9 Å². The van der Waals surface area contributed by atoms with Crippen LogP contribution < -0.4 is 15.0 Å². The van der Waals surface area contributed by atoms with Gasteiger partial charge in [0.2, 0.25) is 0 Å². The fourth-order valence-corrected chi connectivity index (χ4v) is 4.95. The molecule has 1 aliphatic rings. The number of para-hydroxylation sites is 1. The van der Waals surface area contributed by atoms with E-state index in [1.165, 1.54) is 16.7 Å². The summed E-state index contributed by atoms with van der Waals surface area (Å²) in [5.74, 6) is -0.207. The lowest BCUT2D eigenvalue weighted by Gasteiger charge is -2.14. The number of anilines is 2. The van der Waals surface area contributed by atoms with Crippen molar-refractivity contribution >= 4 is 80.8 Å². The molecule has 3 aromatic carbocycles. The Morgan fingerprint density at radius 1 is 1.09 bits per heavy atom. The first kappa shape index (κ1) is 24.3. The maximum Gasteiger partial charge on any atom is 0.270 e. The monoisotopic (exact) mass is 528 g/mol. The second kappa shape index (κ2) is 10.6. The van der Waals surface area contributed by atoms with Crippen molar-refractivity contribution in [1.29, 1.82) is 0 Å². The molecule has 3 aromatic rings. The molecule has 0 unspecified atom stereocenters. The lowest BCUT2D eigenvalue weighted by molar-refractivity contribution is -0.118. The molecule has 34 heavy (non-hydrogen) atoms. The Morgan fingerprint density at radius 2 is 1.88 bits per heavy atom. The number of nitrogens with one attached hydrogen (secondary N) is 1. The predicted molar refractivity (Wildman–Crippen MR) is 144 cm³/mol. The quantitative estimate of drug-likeness (QED) is 0.284. The Kier molecular flexibility index (Phi) is 7.58. The van der Waals surface area contributed by atoms with Crippen molar-refractivity contribution in [3.63, 3.8) is 0 Å². The summed E-state index contributed by atoms with van der Waals surface area (Å²) in [5, 5.41) is 3.43. The van der Waals surface area contributed by atoms with Crippen LogP contribution in [0.1, 0.15) is 11.1 Å². The Hall–Kier alpha value is -2.84. The summed E-state index contributed by atoms with van der Waals surface area (Å²) >= 11 is 19.1. The van der Waals surface area contributed by atoms with Crippen LogP contribution in [0.4, 0.5) is 11.4 Å². The summed E-state index contributed by atoms with van der Waals surface area (Å²) < 4.78 is 6.02. The number of rotatable bonds is 6. The highest BCUT2D eigenvalue weighted by Gasteiger charge is 2.33. The van der Waals surface area contributed by atoms with Gasteiger partial charge in [-0.3, -0.25) is 14.5 Å². The molecule has 0 spiro atoms. The molecule has 0 saturated carbocycles. The van der Waals surface area contributed by atoms with E-state index in [9.17, 15) is 9.59 Å². The van der Waals surface area contributed by atoms with Crippen molar-refractivity contribution in [3.8, 4) is 5.75 Å². The highest BCUT2D eigenvalue weighted by molar-refractivity contribution is 8.27.